The van der Waals surface area contributed by atoms with Gasteiger partial charge in [-0.3, -0.25) is 4.79 Å². The summed E-state index contributed by atoms with van der Waals surface area (Å²) in [5.74, 6) is -0.162. The van der Waals surface area contributed by atoms with E-state index in [2.05, 4.69) is 9.30 Å². The Morgan fingerprint density at radius 2 is 2.40 bits per heavy atom. The van der Waals surface area contributed by atoms with Crippen molar-refractivity contribution in [1.29, 1.82) is 0 Å². The number of nitrogens with two attached hydrogens (primary N) is 1. The first-order valence-electron chi connectivity index (χ1n) is 5.12. The van der Waals surface area contributed by atoms with Crippen LogP contribution in [-0.4, -0.2) is 17.6 Å². The summed E-state index contributed by atoms with van der Waals surface area (Å²) in [6.45, 7) is 2.76. The Hall–Kier alpha value is -1.29. The van der Waals surface area contributed by atoms with Crippen LogP contribution in [0.25, 0.3) is 0 Å². The van der Waals surface area contributed by atoms with E-state index in [0.29, 0.717) is 6.42 Å². The minimum atomic E-state index is -0.162. The largest absolute Gasteiger partial charge is 0.469 e. The van der Waals surface area contributed by atoms with Crippen molar-refractivity contribution < 1.29 is 9.53 Å². The minimum absolute atomic E-state index is 0.0260. The topological polar surface area (TPSA) is 57.2 Å². The van der Waals surface area contributed by atoms with Gasteiger partial charge in [-0.25, -0.2) is 0 Å². The molecule has 4 heteroatoms. The Morgan fingerprint density at radius 3 is 3.00 bits per heavy atom. The molecule has 1 aromatic heterocycles. The second kappa shape index (κ2) is 5.56. The molecule has 0 spiro atoms. The minimum Gasteiger partial charge on any atom is -0.469 e. The molecule has 0 radical (unpaired) electrons. The molecule has 0 saturated carbocycles. The van der Waals surface area contributed by atoms with Crippen molar-refractivity contribution in [3.63, 3.8) is 0 Å². The lowest BCUT2D eigenvalue weighted by molar-refractivity contribution is -0.140. The van der Waals surface area contributed by atoms with Gasteiger partial charge in [0.05, 0.1) is 7.11 Å². The highest BCUT2D eigenvalue weighted by Gasteiger charge is 2.06. The second-order valence-electron chi connectivity index (χ2n) is 3.59. The lowest BCUT2D eigenvalue weighted by Gasteiger charge is -2.11. The molecule has 0 aliphatic heterocycles. The number of hydrogen-bond acceptors (Lipinski definition) is 3. The molecular formula is C11H18N2O2. The van der Waals surface area contributed by atoms with Crippen LogP contribution in [0, 0.1) is 0 Å². The van der Waals surface area contributed by atoms with Gasteiger partial charge in [-0.1, -0.05) is 0 Å². The lowest BCUT2D eigenvalue weighted by Crippen LogP contribution is -2.12. The molecule has 4 nitrogen and oxygen atoms in total. The third kappa shape index (κ3) is 3.40. The SMILES string of the molecule is COC(=O)CCCn1cccc1C(C)N. The Morgan fingerprint density at radius 1 is 1.67 bits per heavy atom. The maximum Gasteiger partial charge on any atom is 0.305 e. The van der Waals surface area contributed by atoms with Crippen molar-refractivity contribution in [2.45, 2.75) is 32.4 Å². The van der Waals surface area contributed by atoms with E-state index < -0.39 is 0 Å². The molecule has 0 aliphatic carbocycles. The molecule has 0 aliphatic rings. The molecule has 1 aromatic rings. The maximum atomic E-state index is 10.9. The molecule has 1 unspecified atom stereocenters. The van der Waals surface area contributed by atoms with E-state index in [0.717, 1.165) is 18.7 Å². The average molecular weight is 210 g/mol. The van der Waals surface area contributed by atoms with Crippen LogP contribution >= 0.6 is 0 Å². The number of nitrogens with zero attached hydrogens (tertiary/aromatic N) is 1. The maximum absolute atomic E-state index is 10.9. The van der Waals surface area contributed by atoms with Gasteiger partial charge in [0.1, 0.15) is 0 Å². The number of rotatable bonds is 5. The van der Waals surface area contributed by atoms with E-state index >= 15 is 0 Å². The molecule has 0 fully saturated rings. The van der Waals surface area contributed by atoms with Gasteiger partial charge in [0.15, 0.2) is 0 Å². The van der Waals surface area contributed by atoms with Gasteiger partial charge >= 0.3 is 5.97 Å². The van der Waals surface area contributed by atoms with Crippen molar-refractivity contribution in [3.05, 3.63) is 24.0 Å². The predicted octanol–water partition coefficient (Wildman–Crippen LogP) is 1.46. The third-order valence-electron chi connectivity index (χ3n) is 2.34. The van der Waals surface area contributed by atoms with Gasteiger partial charge in [0, 0.05) is 30.9 Å². The number of carbonyl (C=O) groups excluding carboxylic acids is 1. The first-order chi connectivity index (χ1) is 7.15. The zero-order chi connectivity index (χ0) is 11.3. The summed E-state index contributed by atoms with van der Waals surface area (Å²) in [7, 11) is 1.41. The van der Waals surface area contributed by atoms with Gasteiger partial charge in [0.25, 0.3) is 0 Å². The molecule has 15 heavy (non-hydrogen) atoms. The number of methoxy groups -OCH3 is 1. The van der Waals surface area contributed by atoms with E-state index in [4.69, 9.17) is 5.73 Å². The molecule has 0 bridgehead atoms. The van der Waals surface area contributed by atoms with Gasteiger partial charge in [0.2, 0.25) is 0 Å². The molecule has 0 amide bonds. The van der Waals surface area contributed by atoms with Crippen molar-refractivity contribution in [2.75, 3.05) is 7.11 Å². The van der Waals surface area contributed by atoms with E-state index in [1.807, 2.05) is 25.3 Å². The summed E-state index contributed by atoms with van der Waals surface area (Å²) in [6.07, 6.45) is 3.21. The number of aromatic nitrogens is 1. The van der Waals surface area contributed by atoms with Crippen LogP contribution in [0.5, 0.6) is 0 Å². The van der Waals surface area contributed by atoms with E-state index in [9.17, 15) is 4.79 Å². The standard InChI is InChI=1S/C11H18N2O2/c1-9(12)10-5-3-7-13(10)8-4-6-11(14)15-2/h3,5,7,9H,4,6,8,12H2,1-2H3. The fourth-order valence-corrected chi connectivity index (χ4v) is 1.54. The van der Waals surface area contributed by atoms with Crippen LogP contribution in [-0.2, 0) is 16.1 Å². The van der Waals surface area contributed by atoms with Crippen LogP contribution in [0.15, 0.2) is 18.3 Å². The quantitative estimate of drug-likeness (QED) is 0.748. The third-order valence-corrected chi connectivity index (χ3v) is 2.34. The van der Waals surface area contributed by atoms with E-state index in [1.54, 1.807) is 0 Å². The lowest BCUT2D eigenvalue weighted by atomic mass is 10.2. The van der Waals surface area contributed by atoms with Gasteiger partial charge < -0.3 is 15.0 Å². The summed E-state index contributed by atoms with van der Waals surface area (Å²) in [5, 5.41) is 0. The number of aryl methyl sites for hydroxylation is 1. The van der Waals surface area contributed by atoms with Gasteiger partial charge in [-0.2, -0.15) is 0 Å². The smallest absolute Gasteiger partial charge is 0.305 e. The Kier molecular flexibility index (Phi) is 4.37. The van der Waals surface area contributed by atoms with Crippen molar-refractivity contribution in [2.24, 2.45) is 5.73 Å². The fourth-order valence-electron chi connectivity index (χ4n) is 1.54. The normalized spacial score (nSPS) is 12.5. The average Bonchev–Trinajstić information content (AvgIpc) is 2.65. The van der Waals surface area contributed by atoms with Crippen LogP contribution in [0.1, 0.15) is 31.5 Å². The number of carbonyl (C=O) groups is 1. The van der Waals surface area contributed by atoms with Crippen LogP contribution in [0.4, 0.5) is 0 Å². The molecule has 1 heterocycles. The fraction of sp³-hybridized carbons (Fsp3) is 0.545. The summed E-state index contributed by atoms with van der Waals surface area (Å²) in [4.78, 5) is 10.9. The van der Waals surface area contributed by atoms with Crippen LogP contribution in [0.3, 0.4) is 0 Å². The van der Waals surface area contributed by atoms with E-state index in [-0.39, 0.29) is 12.0 Å². The molecule has 84 valence electrons. The summed E-state index contributed by atoms with van der Waals surface area (Å²) >= 11 is 0. The molecule has 0 saturated heterocycles. The first-order valence-corrected chi connectivity index (χ1v) is 5.12. The number of esters is 1. The molecule has 0 aromatic carbocycles. The second-order valence-corrected chi connectivity index (χ2v) is 3.59. The molecule has 1 atom stereocenters. The number of hydrogen-bond donors (Lipinski definition) is 1. The van der Waals surface area contributed by atoms with Gasteiger partial charge in [-0.15, -0.1) is 0 Å². The van der Waals surface area contributed by atoms with Crippen molar-refractivity contribution >= 4 is 5.97 Å². The van der Waals surface area contributed by atoms with Crippen molar-refractivity contribution in [1.82, 2.24) is 4.57 Å². The predicted molar refractivity (Wildman–Crippen MR) is 58.3 cm³/mol. The van der Waals surface area contributed by atoms with E-state index in [1.165, 1.54) is 7.11 Å². The highest BCUT2D eigenvalue weighted by atomic mass is 16.5. The Balaban J connectivity index is 2.43. The summed E-state index contributed by atoms with van der Waals surface area (Å²) < 4.78 is 6.65. The molecular weight excluding hydrogens is 192 g/mol. The molecule has 1 rings (SSSR count). The van der Waals surface area contributed by atoms with Crippen molar-refractivity contribution in [3.8, 4) is 0 Å². The highest BCUT2D eigenvalue weighted by molar-refractivity contribution is 5.68. The molecule has 2 N–H and O–H groups in total. The van der Waals surface area contributed by atoms with Crippen LogP contribution < -0.4 is 5.73 Å². The zero-order valence-corrected chi connectivity index (χ0v) is 9.27. The summed E-state index contributed by atoms with van der Waals surface area (Å²) in [6, 6.07) is 4.00. The Labute approximate surface area is 90.0 Å². The van der Waals surface area contributed by atoms with Crippen LogP contribution in [0.2, 0.25) is 0 Å². The zero-order valence-electron chi connectivity index (χ0n) is 9.27. The summed E-state index contributed by atoms with van der Waals surface area (Å²) in [5.41, 5.74) is 6.90. The highest BCUT2D eigenvalue weighted by Crippen LogP contribution is 2.11. The van der Waals surface area contributed by atoms with Gasteiger partial charge in [-0.05, 0) is 25.5 Å². The monoisotopic (exact) mass is 210 g/mol. The number of ether oxygens (including phenoxy) is 1. The first kappa shape index (κ1) is 11.8. The Bertz CT molecular complexity index is 318.